The number of esters is 3. The van der Waals surface area contributed by atoms with E-state index >= 15 is 0 Å². The van der Waals surface area contributed by atoms with Crippen LogP contribution in [0.5, 0.6) is 0 Å². The lowest BCUT2D eigenvalue weighted by atomic mass is 9.99. The number of hydrogen-bond donors (Lipinski definition) is 0. The van der Waals surface area contributed by atoms with Crippen LogP contribution in [-0.4, -0.2) is 62.4 Å². The second-order valence-corrected chi connectivity index (χ2v) is 9.32. The molecule has 1 aliphatic rings. The van der Waals surface area contributed by atoms with E-state index in [1.54, 1.807) is 12.1 Å². The Hall–Kier alpha value is -2.02. The molecule has 1 saturated heterocycles. The molecule has 1 heterocycles. The molecule has 0 amide bonds. The summed E-state index contributed by atoms with van der Waals surface area (Å²) in [6, 6.07) is 6.01. The van der Waals surface area contributed by atoms with E-state index in [0.29, 0.717) is 0 Å². The summed E-state index contributed by atoms with van der Waals surface area (Å²) >= 11 is 3.18. The maximum atomic E-state index is 12.5. The number of rotatable bonds is 7. The summed E-state index contributed by atoms with van der Waals surface area (Å²) in [4.78, 5) is 34.7. The van der Waals surface area contributed by atoms with E-state index < -0.39 is 64.1 Å². The number of carbonyl (C=O) groups is 3. The fraction of sp³-hybridized carbons (Fsp3) is 0.526. The van der Waals surface area contributed by atoms with Gasteiger partial charge in [0.1, 0.15) is 6.10 Å². The molecule has 1 aromatic rings. The van der Waals surface area contributed by atoms with Crippen molar-refractivity contribution in [2.24, 2.45) is 0 Å². The predicted octanol–water partition coefficient (Wildman–Crippen LogP) is 1.62. The van der Waals surface area contributed by atoms with E-state index in [1.165, 1.54) is 12.1 Å². The second-order valence-electron chi connectivity index (χ2n) is 6.80. The van der Waals surface area contributed by atoms with Crippen LogP contribution in [0.3, 0.4) is 0 Å². The molecule has 0 spiro atoms. The zero-order chi connectivity index (χ0) is 23.3. The monoisotopic (exact) mass is 522 g/mol. The zero-order valence-electron chi connectivity index (χ0n) is 17.3. The normalized spacial score (nSPS) is 26.0. The minimum atomic E-state index is -4.15. The largest absolute Gasteiger partial charge is 0.456 e. The molecule has 31 heavy (non-hydrogen) atoms. The van der Waals surface area contributed by atoms with Crippen molar-refractivity contribution in [1.82, 2.24) is 0 Å². The van der Waals surface area contributed by atoms with Crippen molar-refractivity contribution in [2.45, 2.75) is 62.0 Å². The molecule has 12 heteroatoms. The van der Waals surface area contributed by atoms with Gasteiger partial charge in [0, 0.05) is 20.8 Å². The molecule has 172 valence electrons. The van der Waals surface area contributed by atoms with Gasteiger partial charge in [0.05, 0.1) is 11.5 Å². The Balaban J connectivity index is 2.29. The first-order valence-electron chi connectivity index (χ1n) is 9.18. The van der Waals surface area contributed by atoms with Crippen LogP contribution in [0.2, 0.25) is 0 Å². The molecule has 0 saturated carbocycles. The van der Waals surface area contributed by atoms with Gasteiger partial charge in [-0.1, -0.05) is 33.6 Å². The molecule has 0 bridgehead atoms. The van der Waals surface area contributed by atoms with Gasteiger partial charge >= 0.3 is 17.9 Å². The van der Waals surface area contributed by atoms with E-state index in [0.717, 1.165) is 26.3 Å². The SMILES string of the molecule is CC(=O)O[C@@H]1[C@@H](OC(C)=O)[C@@H](Br)O[C@H](COS(=O)(=O)c2ccc(C)cc2)[C@H]1OC(C)=O. The van der Waals surface area contributed by atoms with Crippen molar-refractivity contribution in [1.29, 1.82) is 0 Å². The summed E-state index contributed by atoms with van der Waals surface area (Å²) in [5.41, 5.74) is 0.868. The van der Waals surface area contributed by atoms with Crippen LogP contribution < -0.4 is 0 Å². The van der Waals surface area contributed by atoms with E-state index in [4.69, 9.17) is 23.1 Å². The van der Waals surface area contributed by atoms with Gasteiger partial charge in [-0.2, -0.15) is 8.42 Å². The molecule has 0 aliphatic carbocycles. The highest BCUT2D eigenvalue weighted by molar-refractivity contribution is 9.09. The lowest BCUT2D eigenvalue weighted by Gasteiger charge is -2.42. The molecular weight excluding hydrogens is 500 g/mol. The van der Waals surface area contributed by atoms with Crippen molar-refractivity contribution in [3.8, 4) is 0 Å². The summed E-state index contributed by atoms with van der Waals surface area (Å²) < 4.78 is 51.4. The Labute approximate surface area is 188 Å². The van der Waals surface area contributed by atoms with Gasteiger partial charge in [-0.15, -0.1) is 0 Å². The molecule has 10 nitrogen and oxygen atoms in total. The number of alkyl halides is 1. The first kappa shape index (κ1) is 25.2. The zero-order valence-corrected chi connectivity index (χ0v) is 19.7. The standard InChI is InChI=1S/C19H23BrO10S/c1-10-5-7-14(8-6-10)31(24,25)26-9-15-16(27-11(2)21)17(28-12(3)22)18(19(20)30-15)29-13(4)23/h5-8,15-19H,9H2,1-4H3/t15-,16-,17+,18-,19+/m1/s1. The average Bonchev–Trinajstić information content (AvgIpc) is 2.65. The third-order valence-corrected chi connectivity index (χ3v) is 6.21. The van der Waals surface area contributed by atoms with E-state index in [1.807, 2.05) is 6.92 Å². The molecule has 1 fully saturated rings. The minimum Gasteiger partial charge on any atom is -0.456 e. The highest BCUT2D eigenvalue weighted by Gasteiger charge is 2.51. The van der Waals surface area contributed by atoms with Crippen LogP contribution in [0.4, 0.5) is 0 Å². The quantitative estimate of drug-likeness (QED) is 0.225. The molecule has 0 unspecified atom stereocenters. The van der Waals surface area contributed by atoms with Crippen LogP contribution in [0.1, 0.15) is 26.3 Å². The van der Waals surface area contributed by atoms with Crippen molar-refractivity contribution in [2.75, 3.05) is 6.61 Å². The first-order chi connectivity index (χ1) is 14.4. The number of ether oxygens (including phenoxy) is 4. The summed E-state index contributed by atoms with van der Waals surface area (Å²) in [6.07, 6.45) is -4.88. The summed E-state index contributed by atoms with van der Waals surface area (Å²) in [7, 11) is -4.15. The maximum Gasteiger partial charge on any atom is 0.303 e. The molecule has 0 radical (unpaired) electrons. The highest BCUT2D eigenvalue weighted by atomic mass is 79.9. The van der Waals surface area contributed by atoms with Crippen molar-refractivity contribution in [3.05, 3.63) is 29.8 Å². The van der Waals surface area contributed by atoms with E-state index in [2.05, 4.69) is 15.9 Å². The van der Waals surface area contributed by atoms with Crippen molar-refractivity contribution < 1.29 is 45.9 Å². The molecule has 2 rings (SSSR count). The molecule has 0 N–H and O–H groups in total. The van der Waals surface area contributed by atoms with Crippen molar-refractivity contribution >= 4 is 44.0 Å². The lowest BCUT2D eigenvalue weighted by molar-refractivity contribution is -0.233. The molecule has 0 aromatic heterocycles. The fourth-order valence-electron chi connectivity index (χ4n) is 2.91. The predicted molar refractivity (Wildman–Crippen MR) is 109 cm³/mol. The number of benzene rings is 1. The van der Waals surface area contributed by atoms with Gasteiger partial charge in [0.25, 0.3) is 10.1 Å². The summed E-state index contributed by atoms with van der Waals surface area (Å²) in [6.45, 7) is 4.64. The van der Waals surface area contributed by atoms with E-state index in [-0.39, 0.29) is 4.90 Å². The smallest absolute Gasteiger partial charge is 0.303 e. The summed E-state index contributed by atoms with van der Waals surface area (Å²) in [5.74, 6) is -2.16. The number of aryl methyl sites for hydroxylation is 1. The van der Waals surface area contributed by atoms with Crippen molar-refractivity contribution in [3.63, 3.8) is 0 Å². The fourth-order valence-corrected chi connectivity index (χ4v) is 4.51. The Morgan fingerprint density at radius 1 is 0.903 bits per heavy atom. The minimum absolute atomic E-state index is 0.0670. The third-order valence-electron chi connectivity index (χ3n) is 4.18. The number of halogens is 1. The Bertz CT molecular complexity index is 914. The number of hydrogen-bond acceptors (Lipinski definition) is 10. The van der Waals surface area contributed by atoms with Gasteiger partial charge in [-0.05, 0) is 19.1 Å². The maximum absolute atomic E-state index is 12.5. The second kappa shape index (κ2) is 10.5. The molecule has 5 atom stereocenters. The van der Waals surface area contributed by atoms with Crippen LogP contribution in [0.15, 0.2) is 29.2 Å². The lowest BCUT2D eigenvalue weighted by Crippen LogP contribution is -2.60. The van der Waals surface area contributed by atoms with E-state index in [9.17, 15) is 22.8 Å². The third kappa shape index (κ3) is 6.99. The van der Waals surface area contributed by atoms with Crippen LogP contribution in [0, 0.1) is 6.92 Å². The van der Waals surface area contributed by atoms with Gasteiger partial charge in [-0.3, -0.25) is 18.6 Å². The van der Waals surface area contributed by atoms with Gasteiger partial charge in [0.15, 0.2) is 23.3 Å². The Kier molecular flexibility index (Phi) is 8.57. The molecule has 1 aromatic carbocycles. The van der Waals surface area contributed by atoms with Crippen LogP contribution in [0.25, 0.3) is 0 Å². The van der Waals surface area contributed by atoms with Crippen LogP contribution >= 0.6 is 15.9 Å². The Morgan fingerprint density at radius 2 is 1.39 bits per heavy atom. The van der Waals surface area contributed by atoms with Gasteiger partial charge < -0.3 is 18.9 Å². The first-order valence-corrected chi connectivity index (χ1v) is 11.5. The Morgan fingerprint density at radius 3 is 1.90 bits per heavy atom. The average molecular weight is 523 g/mol. The highest BCUT2D eigenvalue weighted by Crippen LogP contribution is 2.32. The molecular formula is C19H23BrO10S. The topological polar surface area (TPSA) is 132 Å². The van der Waals surface area contributed by atoms with Crippen LogP contribution in [-0.2, 0) is 47.6 Å². The van der Waals surface area contributed by atoms with Gasteiger partial charge in [-0.25, -0.2) is 0 Å². The summed E-state index contributed by atoms with van der Waals surface area (Å²) in [5, 5.41) is -0.997. The molecule has 1 aliphatic heterocycles. The van der Waals surface area contributed by atoms with Gasteiger partial charge in [0.2, 0.25) is 0 Å². The number of carbonyl (C=O) groups excluding carboxylic acids is 3.